The van der Waals surface area contributed by atoms with Gasteiger partial charge >= 0.3 is 11.9 Å². The molecule has 3 nitrogen and oxygen atoms in total. The molecule has 0 aromatic heterocycles. The summed E-state index contributed by atoms with van der Waals surface area (Å²) in [6, 6.07) is 16.0. The van der Waals surface area contributed by atoms with Crippen LogP contribution in [-0.2, 0) is 15.1 Å². The Morgan fingerprint density at radius 3 is 2.17 bits per heavy atom. The molecular weight excluding hydrogens is 314 g/mol. The van der Waals surface area contributed by atoms with Crippen LogP contribution >= 0.6 is 0 Å². The van der Waals surface area contributed by atoms with Crippen molar-refractivity contribution < 1.29 is 23.4 Å². The Balaban J connectivity index is 2.50. The van der Waals surface area contributed by atoms with Crippen molar-refractivity contribution in [3.63, 3.8) is 0 Å². The number of carbonyl (C=O) groups is 1. The van der Waals surface area contributed by atoms with E-state index in [0.29, 0.717) is 5.56 Å². The molecule has 0 heterocycles. The van der Waals surface area contributed by atoms with Crippen molar-refractivity contribution >= 4 is 12.0 Å². The van der Waals surface area contributed by atoms with Crippen LogP contribution in [-0.4, -0.2) is 23.6 Å². The number of ether oxygens (including phenoxy) is 1. The van der Waals surface area contributed by atoms with E-state index in [1.54, 1.807) is 36.4 Å². The van der Waals surface area contributed by atoms with Crippen LogP contribution in [0.2, 0.25) is 0 Å². The number of hydrogen-bond acceptors (Lipinski definition) is 3. The van der Waals surface area contributed by atoms with Crippen LogP contribution in [0.4, 0.5) is 8.78 Å². The van der Waals surface area contributed by atoms with Crippen molar-refractivity contribution in [3.8, 4) is 0 Å². The number of halogens is 2. The summed E-state index contributed by atoms with van der Waals surface area (Å²) in [5.41, 5.74) is -2.31. The molecule has 0 amide bonds. The minimum atomic E-state index is -4.14. The highest BCUT2D eigenvalue weighted by molar-refractivity contribution is 5.80. The fourth-order valence-corrected chi connectivity index (χ4v) is 2.23. The summed E-state index contributed by atoms with van der Waals surface area (Å²) in [6.45, 7) is 1.22. The molecule has 0 bridgehead atoms. The second-order valence-electron chi connectivity index (χ2n) is 5.17. The van der Waals surface area contributed by atoms with Crippen LogP contribution in [0.3, 0.4) is 0 Å². The Morgan fingerprint density at radius 2 is 1.62 bits per heavy atom. The standard InChI is InChI=1S/C19H18F2O3/c1-2-24-17(22)19(20,21)18(23,16-11-7-4-8-12-16)14-13-15-9-5-3-6-10-15/h3-14,23H,2H2,1H3/b14-13+. The Kier molecular flexibility index (Phi) is 5.46. The zero-order valence-corrected chi connectivity index (χ0v) is 13.2. The van der Waals surface area contributed by atoms with Gasteiger partial charge in [-0.15, -0.1) is 0 Å². The van der Waals surface area contributed by atoms with Crippen molar-refractivity contribution in [2.24, 2.45) is 0 Å². The molecule has 0 radical (unpaired) electrons. The number of alkyl halides is 2. The highest BCUT2D eigenvalue weighted by Crippen LogP contribution is 2.40. The van der Waals surface area contributed by atoms with Gasteiger partial charge in [-0.05, 0) is 24.1 Å². The summed E-state index contributed by atoms with van der Waals surface area (Å²) in [4.78, 5) is 11.7. The first-order valence-electron chi connectivity index (χ1n) is 7.49. The molecule has 0 aliphatic carbocycles. The summed E-state index contributed by atoms with van der Waals surface area (Å²) in [5.74, 6) is -5.91. The lowest BCUT2D eigenvalue weighted by atomic mass is 9.86. The molecule has 1 N–H and O–H groups in total. The fraction of sp³-hybridized carbons (Fsp3) is 0.211. The topological polar surface area (TPSA) is 46.5 Å². The Morgan fingerprint density at radius 1 is 1.08 bits per heavy atom. The number of hydrogen-bond donors (Lipinski definition) is 1. The van der Waals surface area contributed by atoms with E-state index in [2.05, 4.69) is 4.74 Å². The Labute approximate surface area is 139 Å². The lowest BCUT2D eigenvalue weighted by Crippen LogP contribution is -2.50. The lowest BCUT2D eigenvalue weighted by molar-refractivity contribution is -0.204. The van der Waals surface area contributed by atoms with Gasteiger partial charge in [0.25, 0.3) is 0 Å². The van der Waals surface area contributed by atoms with E-state index >= 15 is 0 Å². The third-order valence-electron chi connectivity index (χ3n) is 3.54. The average Bonchev–Trinajstić information content (AvgIpc) is 2.61. The third kappa shape index (κ3) is 3.51. The molecule has 0 spiro atoms. The SMILES string of the molecule is CCOC(=O)C(F)(F)C(O)(/C=C/c1ccccc1)c1ccccc1. The van der Waals surface area contributed by atoms with Gasteiger partial charge in [-0.3, -0.25) is 0 Å². The van der Waals surface area contributed by atoms with Crippen molar-refractivity contribution in [1.29, 1.82) is 0 Å². The molecule has 0 saturated heterocycles. The predicted molar refractivity (Wildman–Crippen MR) is 87.4 cm³/mol. The van der Waals surface area contributed by atoms with E-state index in [9.17, 15) is 18.7 Å². The molecule has 5 heteroatoms. The van der Waals surface area contributed by atoms with Crippen LogP contribution in [0, 0.1) is 0 Å². The maximum Gasteiger partial charge on any atom is 0.380 e. The zero-order chi connectivity index (χ0) is 17.6. The van der Waals surface area contributed by atoms with Gasteiger partial charge in [0.1, 0.15) is 0 Å². The lowest BCUT2D eigenvalue weighted by Gasteiger charge is -2.32. The molecular formula is C19H18F2O3. The van der Waals surface area contributed by atoms with Crippen molar-refractivity contribution in [3.05, 3.63) is 77.9 Å². The minimum absolute atomic E-state index is 0.102. The second-order valence-corrected chi connectivity index (χ2v) is 5.17. The van der Waals surface area contributed by atoms with E-state index in [0.717, 1.165) is 6.08 Å². The first-order chi connectivity index (χ1) is 11.4. The fourth-order valence-electron chi connectivity index (χ4n) is 2.23. The van der Waals surface area contributed by atoms with Crippen molar-refractivity contribution in [1.82, 2.24) is 0 Å². The molecule has 0 aliphatic heterocycles. The molecule has 2 aromatic carbocycles. The minimum Gasteiger partial charge on any atom is -0.461 e. The molecule has 1 unspecified atom stereocenters. The number of rotatable bonds is 6. The summed E-state index contributed by atoms with van der Waals surface area (Å²) >= 11 is 0. The van der Waals surface area contributed by atoms with Gasteiger partial charge in [0, 0.05) is 0 Å². The van der Waals surface area contributed by atoms with Gasteiger partial charge in [0.15, 0.2) is 5.60 Å². The third-order valence-corrected chi connectivity index (χ3v) is 3.54. The second kappa shape index (κ2) is 7.36. The van der Waals surface area contributed by atoms with Crippen LogP contribution in [0.15, 0.2) is 66.7 Å². The highest BCUT2D eigenvalue weighted by atomic mass is 19.3. The first-order valence-corrected chi connectivity index (χ1v) is 7.49. The van der Waals surface area contributed by atoms with Gasteiger partial charge in [-0.1, -0.05) is 66.7 Å². The van der Waals surface area contributed by atoms with Crippen molar-refractivity contribution in [2.75, 3.05) is 6.61 Å². The number of carbonyl (C=O) groups excluding carboxylic acids is 1. The van der Waals surface area contributed by atoms with E-state index in [-0.39, 0.29) is 12.2 Å². The molecule has 24 heavy (non-hydrogen) atoms. The van der Waals surface area contributed by atoms with Gasteiger partial charge in [0.2, 0.25) is 0 Å². The van der Waals surface area contributed by atoms with Crippen LogP contribution in [0.1, 0.15) is 18.1 Å². The summed E-state index contributed by atoms with van der Waals surface area (Å²) < 4.78 is 33.8. The van der Waals surface area contributed by atoms with E-state index < -0.39 is 17.5 Å². The molecule has 126 valence electrons. The van der Waals surface area contributed by atoms with Crippen LogP contribution in [0.25, 0.3) is 6.08 Å². The maximum absolute atomic E-state index is 14.7. The Hall–Kier alpha value is -2.53. The molecule has 0 saturated carbocycles. The molecule has 1 atom stereocenters. The van der Waals surface area contributed by atoms with Gasteiger partial charge in [-0.2, -0.15) is 8.78 Å². The molecule has 2 rings (SSSR count). The van der Waals surface area contributed by atoms with Gasteiger partial charge < -0.3 is 9.84 Å². The van der Waals surface area contributed by atoms with E-state index in [1.165, 1.54) is 37.3 Å². The molecule has 2 aromatic rings. The van der Waals surface area contributed by atoms with E-state index in [4.69, 9.17) is 0 Å². The van der Waals surface area contributed by atoms with E-state index in [1.807, 2.05) is 0 Å². The van der Waals surface area contributed by atoms with Crippen molar-refractivity contribution in [2.45, 2.75) is 18.4 Å². The number of benzene rings is 2. The molecule has 0 fully saturated rings. The molecule has 0 aliphatic rings. The largest absolute Gasteiger partial charge is 0.461 e. The summed E-state index contributed by atoms with van der Waals surface area (Å²) in [7, 11) is 0. The number of aliphatic hydroxyl groups is 1. The van der Waals surface area contributed by atoms with Crippen LogP contribution < -0.4 is 0 Å². The normalized spacial score (nSPS) is 14.3. The summed E-state index contributed by atoms with van der Waals surface area (Å²) in [6.07, 6.45) is 2.27. The zero-order valence-electron chi connectivity index (χ0n) is 13.2. The summed E-state index contributed by atoms with van der Waals surface area (Å²) in [5, 5.41) is 10.7. The van der Waals surface area contributed by atoms with Crippen LogP contribution in [0.5, 0.6) is 0 Å². The first kappa shape index (κ1) is 17.8. The van der Waals surface area contributed by atoms with Gasteiger partial charge in [-0.25, -0.2) is 4.79 Å². The smallest absolute Gasteiger partial charge is 0.380 e. The highest BCUT2D eigenvalue weighted by Gasteiger charge is 2.59. The maximum atomic E-state index is 14.7. The quantitative estimate of drug-likeness (QED) is 0.819. The average molecular weight is 332 g/mol. The van der Waals surface area contributed by atoms with Gasteiger partial charge in [0.05, 0.1) is 6.61 Å². The predicted octanol–water partition coefficient (Wildman–Crippen LogP) is 3.79. The number of esters is 1. The monoisotopic (exact) mass is 332 g/mol. The Bertz CT molecular complexity index is 699.